The molecule has 0 spiro atoms. The lowest BCUT2D eigenvalue weighted by molar-refractivity contribution is 0.764. The lowest BCUT2D eigenvalue weighted by Gasteiger charge is -2.36. The minimum atomic E-state index is -1.09. The van der Waals surface area contributed by atoms with Crippen molar-refractivity contribution in [2.24, 2.45) is 0 Å². The topological polar surface area (TPSA) is 0 Å². The average Bonchev–Trinajstić information content (AvgIpc) is 2.12. The van der Waals surface area contributed by atoms with Gasteiger partial charge in [-0.3, -0.25) is 0 Å². The molecule has 0 amide bonds. The van der Waals surface area contributed by atoms with Crippen molar-refractivity contribution in [3.05, 3.63) is 0 Å². The zero-order valence-electron chi connectivity index (χ0n) is 8.22. The SMILES string of the molecule is [B][P+]1(C(C)(C)C)CCC[C@H]1C. The van der Waals surface area contributed by atoms with Crippen LogP contribution < -0.4 is 0 Å². The van der Waals surface area contributed by atoms with Crippen molar-refractivity contribution >= 4 is 14.7 Å². The molecule has 0 aliphatic carbocycles. The van der Waals surface area contributed by atoms with Gasteiger partial charge in [-0.25, -0.2) is 0 Å². The quantitative estimate of drug-likeness (QED) is 0.386. The fraction of sp³-hybridized carbons (Fsp3) is 1.00. The fourth-order valence-corrected chi connectivity index (χ4v) is 5.88. The van der Waals surface area contributed by atoms with Crippen LogP contribution in [0, 0.1) is 0 Å². The molecule has 2 radical (unpaired) electrons. The van der Waals surface area contributed by atoms with Gasteiger partial charge in [0, 0.05) is 6.16 Å². The summed E-state index contributed by atoms with van der Waals surface area (Å²) in [5.74, 6) is 0. The van der Waals surface area contributed by atoms with Crippen LogP contribution in [0.1, 0.15) is 40.5 Å². The standard InChI is InChI=1S/C9H19BP/c1-8-6-5-7-11(8,10)9(2,3)4/h8H,5-7H2,1-4H3/q+1/t8-,11?/m1/s1. The van der Waals surface area contributed by atoms with E-state index in [0.29, 0.717) is 5.16 Å². The number of hydrogen-bond acceptors (Lipinski definition) is 0. The molecule has 1 saturated heterocycles. The summed E-state index contributed by atoms with van der Waals surface area (Å²) in [6.45, 7) is 9.26. The average molecular weight is 169 g/mol. The van der Waals surface area contributed by atoms with Gasteiger partial charge in [0.2, 0.25) is 0 Å². The summed E-state index contributed by atoms with van der Waals surface area (Å²) in [5.41, 5.74) is 0.808. The first kappa shape index (κ1) is 9.58. The van der Waals surface area contributed by atoms with Crippen LogP contribution in [-0.4, -0.2) is 24.5 Å². The van der Waals surface area contributed by atoms with E-state index >= 15 is 0 Å². The molecular formula is C9H19BP+. The summed E-state index contributed by atoms with van der Waals surface area (Å²) in [4.78, 5) is 0. The Hall–Kier alpha value is 0.495. The van der Waals surface area contributed by atoms with Crippen LogP contribution in [-0.2, 0) is 0 Å². The second kappa shape index (κ2) is 2.77. The van der Waals surface area contributed by atoms with E-state index in [4.69, 9.17) is 7.57 Å². The lowest BCUT2D eigenvalue weighted by Crippen LogP contribution is -2.25. The van der Waals surface area contributed by atoms with E-state index in [-0.39, 0.29) is 0 Å². The monoisotopic (exact) mass is 169 g/mol. The molecule has 62 valence electrons. The highest BCUT2D eigenvalue weighted by molar-refractivity contribution is 7.99. The Labute approximate surface area is 72.8 Å². The Morgan fingerprint density at radius 2 is 1.91 bits per heavy atom. The number of rotatable bonds is 0. The van der Waals surface area contributed by atoms with Gasteiger partial charge in [-0.15, -0.1) is 0 Å². The fourth-order valence-electron chi connectivity index (χ4n) is 2.10. The molecule has 0 aromatic carbocycles. The highest BCUT2D eigenvalue weighted by Gasteiger charge is 2.51. The molecule has 0 nitrogen and oxygen atoms in total. The smallest absolute Gasteiger partial charge is 0.0322 e. The van der Waals surface area contributed by atoms with Crippen molar-refractivity contribution in [3.63, 3.8) is 0 Å². The molecule has 0 aromatic heterocycles. The van der Waals surface area contributed by atoms with Crippen molar-refractivity contribution < 1.29 is 0 Å². The van der Waals surface area contributed by atoms with Gasteiger partial charge in [0.05, 0.1) is 10.8 Å². The molecule has 1 aliphatic heterocycles. The highest BCUT2D eigenvalue weighted by atomic mass is 31.2. The van der Waals surface area contributed by atoms with E-state index in [1.54, 1.807) is 0 Å². The van der Waals surface area contributed by atoms with Crippen molar-refractivity contribution in [2.45, 2.75) is 51.4 Å². The zero-order valence-corrected chi connectivity index (χ0v) is 9.12. The summed E-state index contributed by atoms with van der Waals surface area (Å²) in [6.07, 6.45) is 4.04. The predicted molar refractivity (Wildman–Crippen MR) is 56.0 cm³/mol. The predicted octanol–water partition coefficient (Wildman–Crippen LogP) is 3.07. The second-order valence-electron chi connectivity index (χ2n) is 4.82. The van der Waals surface area contributed by atoms with E-state index in [0.717, 1.165) is 5.66 Å². The molecule has 1 unspecified atom stereocenters. The van der Waals surface area contributed by atoms with Crippen LogP contribution in [0.4, 0.5) is 0 Å². The van der Waals surface area contributed by atoms with Crippen molar-refractivity contribution in [2.75, 3.05) is 6.16 Å². The van der Waals surface area contributed by atoms with E-state index in [9.17, 15) is 0 Å². The van der Waals surface area contributed by atoms with E-state index < -0.39 is 7.14 Å². The Morgan fingerprint density at radius 3 is 2.09 bits per heavy atom. The molecule has 0 N–H and O–H groups in total. The highest BCUT2D eigenvalue weighted by Crippen LogP contribution is 2.72. The van der Waals surface area contributed by atoms with Gasteiger partial charge in [0.1, 0.15) is 0 Å². The van der Waals surface area contributed by atoms with Gasteiger partial charge in [0.15, 0.2) is 0 Å². The van der Waals surface area contributed by atoms with Gasteiger partial charge in [-0.05, 0) is 47.7 Å². The van der Waals surface area contributed by atoms with E-state index in [2.05, 4.69) is 27.7 Å². The minimum absolute atomic E-state index is 0.378. The normalized spacial score (nSPS) is 39.5. The zero-order chi connectivity index (χ0) is 8.70. The van der Waals surface area contributed by atoms with Crippen molar-refractivity contribution in [1.29, 1.82) is 0 Å². The first-order chi connectivity index (χ1) is 4.88. The van der Waals surface area contributed by atoms with E-state index in [1.807, 2.05) is 0 Å². The van der Waals surface area contributed by atoms with Gasteiger partial charge < -0.3 is 0 Å². The summed E-state index contributed by atoms with van der Waals surface area (Å²) >= 11 is 0. The third-order valence-electron chi connectivity index (χ3n) is 3.19. The Morgan fingerprint density at radius 1 is 1.36 bits per heavy atom. The summed E-state index contributed by atoms with van der Waals surface area (Å²) in [7, 11) is 5.40. The van der Waals surface area contributed by atoms with Gasteiger partial charge in [-0.1, -0.05) is 0 Å². The molecule has 1 rings (SSSR count). The largest absolute Gasteiger partial charge is 0.365 e. The molecule has 11 heavy (non-hydrogen) atoms. The lowest BCUT2D eigenvalue weighted by atomic mass is 10.2. The van der Waals surface area contributed by atoms with E-state index in [1.165, 1.54) is 19.0 Å². The summed E-state index contributed by atoms with van der Waals surface area (Å²) in [5, 5.41) is 0.378. The number of hydrogen-bond donors (Lipinski definition) is 0. The molecule has 0 aromatic rings. The maximum atomic E-state index is 6.49. The van der Waals surface area contributed by atoms with Crippen LogP contribution in [0.25, 0.3) is 0 Å². The first-order valence-electron chi connectivity index (χ1n) is 4.54. The molecule has 0 saturated carbocycles. The van der Waals surface area contributed by atoms with Gasteiger partial charge >= 0.3 is 7.57 Å². The molecule has 2 atom stereocenters. The Kier molecular flexibility index (Phi) is 2.41. The summed E-state index contributed by atoms with van der Waals surface area (Å²) < 4.78 is 0. The molecule has 0 bridgehead atoms. The van der Waals surface area contributed by atoms with Gasteiger partial charge in [-0.2, -0.15) is 0 Å². The Bertz CT molecular complexity index is 150. The van der Waals surface area contributed by atoms with Crippen molar-refractivity contribution in [1.82, 2.24) is 0 Å². The summed E-state index contributed by atoms with van der Waals surface area (Å²) in [6, 6.07) is 0. The first-order valence-corrected chi connectivity index (χ1v) is 6.65. The molecular weight excluding hydrogens is 150 g/mol. The molecule has 2 heteroatoms. The third-order valence-corrected chi connectivity index (χ3v) is 8.57. The van der Waals surface area contributed by atoms with Crippen LogP contribution in [0.15, 0.2) is 0 Å². The Balaban J connectivity index is 2.81. The maximum Gasteiger partial charge on any atom is 0.365 e. The van der Waals surface area contributed by atoms with Crippen LogP contribution in [0.2, 0.25) is 0 Å². The van der Waals surface area contributed by atoms with Crippen molar-refractivity contribution in [3.8, 4) is 0 Å². The second-order valence-corrected chi connectivity index (χ2v) is 9.35. The third kappa shape index (κ3) is 1.50. The molecule has 1 heterocycles. The van der Waals surface area contributed by atoms with Crippen LogP contribution in [0.5, 0.6) is 0 Å². The maximum absolute atomic E-state index is 6.49. The molecule has 1 aliphatic rings. The minimum Gasteiger partial charge on any atom is -0.0322 e. The van der Waals surface area contributed by atoms with Crippen LogP contribution >= 0.6 is 7.14 Å². The van der Waals surface area contributed by atoms with Crippen LogP contribution in [0.3, 0.4) is 0 Å². The van der Waals surface area contributed by atoms with Gasteiger partial charge in [0.25, 0.3) is 0 Å². The molecule has 1 fully saturated rings.